The Bertz CT molecular complexity index is 679. The topological polar surface area (TPSA) is 72.9 Å². The van der Waals surface area contributed by atoms with Crippen LogP contribution < -0.4 is 11.1 Å². The van der Waals surface area contributed by atoms with Crippen molar-refractivity contribution in [2.45, 2.75) is 32.6 Å². The van der Waals surface area contributed by atoms with E-state index in [0.717, 1.165) is 36.9 Å². The molecule has 1 aliphatic rings. The van der Waals surface area contributed by atoms with Gasteiger partial charge in [-0.3, -0.25) is 4.79 Å². The number of hydrogen-bond donors (Lipinski definition) is 2. The summed E-state index contributed by atoms with van der Waals surface area (Å²) in [7, 11) is 0. The van der Waals surface area contributed by atoms with Crippen LogP contribution in [0.15, 0.2) is 24.3 Å². The van der Waals surface area contributed by atoms with Crippen molar-refractivity contribution in [3.63, 3.8) is 0 Å². The molecule has 1 aromatic carbocycles. The van der Waals surface area contributed by atoms with Gasteiger partial charge in [-0.25, -0.2) is 4.68 Å². The fourth-order valence-electron chi connectivity index (χ4n) is 2.95. The number of aryl methyl sites for hydroxylation is 1. The third kappa shape index (κ3) is 3.57. The van der Waals surface area contributed by atoms with Crippen molar-refractivity contribution in [1.82, 2.24) is 15.1 Å². The van der Waals surface area contributed by atoms with Gasteiger partial charge in [0.25, 0.3) is 5.91 Å². The monoisotopic (exact) mass is 334 g/mol. The van der Waals surface area contributed by atoms with E-state index in [9.17, 15) is 4.79 Å². The summed E-state index contributed by atoms with van der Waals surface area (Å²) < 4.78 is 1.94. The van der Waals surface area contributed by atoms with Crippen LogP contribution in [0.25, 0.3) is 5.69 Å². The molecular formula is C17H23ClN4O. The Balaban J connectivity index is 0.00000192. The van der Waals surface area contributed by atoms with Crippen LogP contribution in [0.3, 0.4) is 0 Å². The molecule has 0 saturated heterocycles. The van der Waals surface area contributed by atoms with Crippen LogP contribution in [0.2, 0.25) is 0 Å². The second kappa shape index (κ2) is 7.62. The first-order chi connectivity index (χ1) is 10.7. The maximum absolute atomic E-state index is 12.3. The molecule has 0 atom stereocenters. The maximum atomic E-state index is 12.3. The first-order valence-electron chi connectivity index (χ1n) is 7.87. The van der Waals surface area contributed by atoms with E-state index < -0.39 is 0 Å². The number of hydrogen-bond acceptors (Lipinski definition) is 3. The lowest BCUT2D eigenvalue weighted by atomic mass is 9.95. The Hall–Kier alpha value is -1.85. The van der Waals surface area contributed by atoms with E-state index in [0.29, 0.717) is 18.8 Å². The number of fused-ring (bicyclic) bond motifs is 1. The molecule has 124 valence electrons. The number of amides is 1. The molecule has 1 amide bonds. The van der Waals surface area contributed by atoms with Gasteiger partial charge in [-0.1, -0.05) is 17.7 Å². The lowest BCUT2D eigenvalue weighted by Crippen LogP contribution is -2.30. The third-order valence-electron chi connectivity index (χ3n) is 4.10. The van der Waals surface area contributed by atoms with E-state index in [-0.39, 0.29) is 18.3 Å². The van der Waals surface area contributed by atoms with Crippen molar-refractivity contribution in [3.05, 3.63) is 46.8 Å². The van der Waals surface area contributed by atoms with Crippen LogP contribution in [0.5, 0.6) is 0 Å². The summed E-state index contributed by atoms with van der Waals surface area (Å²) in [6, 6.07) is 8.25. The van der Waals surface area contributed by atoms with E-state index in [4.69, 9.17) is 5.73 Å². The molecule has 1 aromatic heterocycles. The van der Waals surface area contributed by atoms with Crippen molar-refractivity contribution in [1.29, 1.82) is 0 Å². The highest BCUT2D eigenvalue weighted by Gasteiger charge is 2.25. The number of rotatable bonds is 4. The smallest absolute Gasteiger partial charge is 0.272 e. The standard InChI is InChI=1S/C17H22N4O.ClH/c1-12-6-8-13(9-7-12)21-15-5-3-2-4-14(15)16(20-21)17(22)19-11-10-18;/h6-9H,2-5,10-11,18H2,1H3,(H,19,22);1H. The van der Waals surface area contributed by atoms with E-state index in [2.05, 4.69) is 41.6 Å². The second-order valence-corrected chi connectivity index (χ2v) is 5.77. The largest absolute Gasteiger partial charge is 0.349 e. The zero-order valence-corrected chi connectivity index (χ0v) is 14.2. The average molecular weight is 335 g/mol. The van der Waals surface area contributed by atoms with Gasteiger partial charge in [-0.05, 0) is 44.7 Å². The van der Waals surface area contributed by atoms with Gasteiger partial charge in [0.05, 0.1) is 5.69 Å². The van der Waals surface area contributed by atoms with Crippen molar-refractivity contribution >= 4 is 18.3 Å². The minimum Gasteiger partial charge on any atom is -0.349 e. The Morgan fingerprint density at radius 1 is 1.26 bits per heavy atom. The highest BCUT2D eigenvalue weighted by atomic mass is 35.5. The molecule has 0 unspecified atom stereocenters. The van der Waals surface area contributed by atoms with Crippen LogP contribution in [0, 0.1) is 6.92 Å². The summed E-state index contributed by atoms with van der Waals surface area (Å²) in [5.41, 5.74) is 10.5. The molecule has 2 aromatic rings. The van der Waals surface area contributed by atoms with E-state index >= 15 is 0 Å². The summed E-state index contributed by atoms with van der Waals surface area (Å²) in [6.07, 6.45) is 4.16. The number of nitrogens with two attached hydrogens (primary N) is 1. The molecular weight excluding hydrogens is 312 g/mol. The summed E-state index contributed by atoms with van der Waals surface area (Å²) in [4.78, 5) is 12.3. The number of nitrogens with zero attached hydrogens (tertiary/aromatic N) is 2. The SMILES string of the molecule is Cc1ccc(-n2nc(C(=O)NCCN)c3c2CCCC3)cc1.Cl. The molecule has 23 heavy (non-hydrogen) atoms. The molecule has 0 saturated carbocycles. The molecule has 3 rings (SSSR count). The van der Waals surface area contributed by atoms with Crippen molar-refractivity contribution in [2.75, 3.05) is 13.1 Å². The average Bonchev–Trinajstić information content (AvgIpc) is 2.93. The molecule has 1 aliphatic carbocycles. The normalized spacial score (nSPS) is 13.1. The van der Waals surface area contributed by atoms with Gasteiger partial charge in [-0.2, -0.15) is 5.10 Å². The number of carbonyl (C=O) groups is 1. The number of nitrogens with one attached hydrogen (secondary N) is 1. The van der Waals surface area contributed by atoms with E-state index in [1.807, 2.05) is 4.68 Å². The van der Waals surface area contributed by atoms with Crippen molar-refractivity contribution < 1.29 is 4.79 Å². The lowest BCUT2D eigenvalue weighted by molar-refractivity contribution is 0.0948. The van der Waals surface area contributed by atoms with Gasteiger partial charge < -0.3 is 11.1 Å². The van der Waals surface area contributed by atoms with Crippen LogP contribution in [-0.4, -0.2) is 28.8 Å². The fraction of sp³-hybridized carbons (Fsp3) is 0.412. The van der Waals surface area contributed by atoms with Gasteiger partial charge in [0.15, 0.2) is 5.69 Å². The van der Waals surface area contributed by atoms with Crippen LogP contribution in [0.1, 0.15) is 40.2 Å². The van der Waals surface area contributed by atoms with Gasteiger partial charge in [-0.15, -0.1) is 12.4 Å². The van der Waals surface area contributed by atoms with Crippen molar-refractivity contribution in [3.8, 4) is 5.69 Å². The van der Waals surface area contributed by atoms with E-state index in [1.54, 1.807) is 0 Å². The van der Waals surface area contributed by atoms with Gasteiger partial charge in [0, 0.05) is 24.3 Å². The molecule has 0 bridgehead atoms. The molecule has 3 N–H and O–H groups in total. The van der Waals surface area contributed by atoms with Gasteiger partial charge >= 0.3 is 0 Å². The quantitative estimate of drug-likeness (QED) is 0.900. The highest BCUT2D eigenvalue weighted by Crippen LogP contribution is 2.27. The number of halogens is 1. The van der Waals surface area contributed by atoms with Crippen LogP contribution in [-0.2, 0) is 12.8 Å². The van der Waals surface area contributed by atoms with Crippen LogP contribution >= 0.6 is 12.4 Å². The zero-order valence-electron chi connectivity index (χ0n) is 13.3. The minimum absolute atomic E-state index is 0. The van der Waals surface area contributed by atoms with Gasteiger partial charge in [0.2, 0.25) is 0 Å². The lowest BCUT2D eigenvalue weighted by Gasteiger charge is -2.14. The first-order valence-corrected chi connectivity index (χ1v) is 7.87. The Kier molecular flexibility index (Phi) is 5.80. The zero-order chi connectivity index (χ0) is 15.5. The molecule has 5 nitrogen and oxygen atoms in total. The van der Waals surface area contributed by atoms with Crippen molar-refractivity contribution in [2.24, 2.45) is 5.73 Å². The summed E-state index contributed by atoms with van der Waals surface area (Å²) in [5.74, 6) is -0.116. The number of carbonyl (C=O) groups excluding carboxylic acids is 1. The number of aromatic nitrogens is 2. The molecule has 1 heterocycles. The summed E-state index contributed by atoms with van der Waals surface area (Å²) in [5, 5.41) is 7.44. The number of benzene rings is 1. The predicted octanol–water partition coefficient (Wildman–Crippen LogP) is 2.17. The second-order valence-electron chi connectivity index (χ2n) is 5.77. The molecule has 0 aliphatic heterocycles. The Morgan fingerprint density at radius 3 is 2.65 bits per heavy atom. The summed E-state index contributed by atoms with van der Waals surface area (Å²) in [6.45, 7) is 2.98. The van der Waals surface area contributed by atoms with Gasteiger partial charge in [0.1, 0.15) is 0 Å². The van der Waals surface area contributed by atoms with E-state index in [1.165, 1.54) is 11.3 Å². The first kappa shape index (κ1) is 17.5. The summed E-state index contributed by atoms with van der Waals surface area (Å²) >= 11 is 0. The molecule has 0 radical (unpaired) electrons. The minimum atomic E-state index is -0.116. The fourth-order valence-corrected chi connectivity index (χ4v) is 2.95. The Morgan fingerprint density at radius 2 is 1.96 bits per heavy atom. The highest BCUT2D eigenvalue weighted by molar-refractivity contribution is 5.94. The predicted molar refractivity (Wildman–Crippen MR) is 93.6 cm³/mol. The third-order valence-corrected chi connectivity index (χ3v) is 4.10. The maximum Gasteiger partial charge on any atom is 0.272 e. The molecule has 6 heteroatoms. The Labute approximate surface area is 142 Å². The molecule has 0 spiro atoms. The molecule has 0 fully saturated rings. The van der Waals surface area contributed by atoms with Crippen LogP contribution in [0.4, 0.5) is 0 Å².